The molecule has 0 aliphatic carbocycles. The van der Waals surface area contributed by atoms with E-state index in [9.17, 15) is 0 Å². The van der Waals surface area contributed by atoms with Crippen molar-refractivity contribution in [3.05, 3.63) is 219 Å². The normalized spacial score (nSPS) is 11.3. The highest BCUT2D eigenvalue weighted by Gasteiger charge is 2.17. The van der Waals surface area contributed by atoms with Gasteiger partial charge < -0.3 is 9.30 Å². The van der Waals surface area contributed by atoms with Crippen LogP contribution < -0.4 is 4.90 Å². The molecule has 10 aromatic rings. The summed E-state index contributed by atoms with van der Waals surface area (Å²) in [7, 11) is 0. The average molecular weight is 689 g/mol. The molecule has 254 valence electrons. The van der Waals surface area contributed by atoms with Crippen LogP contribution in [0.1, 0.15) is 0 Å². The highest BCUT2D eigenvalue weighted by molar-refractivity contribution is 6.09. The van der Waals surface area contributed by atoms with E-state index in [2.05, 4.69) is 228 Å². The number of aromatic nitrogens is 1. The van der Waals surface area contributed by atoms with Crippen LogP contribution in [0.15, 0.2) is 219 Å². The second kappa shape index (κ2) is 13.4. The van der Waals surface area contributed by atoms with Gasteiger partial charge in [-0.3, -0.25) is 0 Å². The zero-order valence-electron chi connectivity index (χ0n) is 29.7. The lowest BCUT2D eigenvalue weighted by atomic mass is 9.97. The molecule has 54 heavy (non-hydrogen) atoms. The summed E-state index contributed by atoms with van der Waals surface area (Å²) in [6.45, 7) is 0. The quantitative estimate of drug-likeness (QED) is 0.162. The highest BCUT2D eigenvalue weighted by atomic mass is 15.1. The average Bonchev–Trinajstić information content (AvgIpc) is 3.57. The molecule has 2 nitrogen and oxygen atoms in total. The van der Waals surface area contributed by atoms with Crippen LogP contribution in [0.3, 0.4) is 0 Å². The molecular formula is C52H36N2. The second-order valence-electron chi connectivity index (χ2n) is 13.8. The minimum atomic E-state index is 1.10. The molecule has 10 rings (SSSR count). The Morgan fingerprint density at radius 3 is 1.33 bits per heavy atom. The number of rotatable bonds is 7. The topological polar surface area (TPSA) is 7.65 Å². The first-order valence-corrected chi connectivity index (χ1v) is 18.5. The maximum absolute atomic E-state index is 2.38. The molecule has 0 radical (unpaired) electrons. The fraction of sp³-hybridized carbons (Fsp3) is 0. The first kappa shape index (κ1) is 31.6. The Balaban J connectivity index is 1.07. The van der Waals surface area contributed by atoms with Crippen LogP contribution in [0.25, 0.3) is 71.7 Å². The fourth-order valence-corrected chi connectivity index (χ4v) is 7.96. The van der Waals surface area contributed by atoms with E-state index in [0.717, 1.165) is 17.1 Å². The van der Waals surface area contributed by atoms with Gasteiger partial charge >= 0.3 is 0 Å². The third-order valence-electron chi connectivity index (χ3n) is 10.6. The summed E-state index contributed by atoms with van der Waals surface area (Å²) >= 11 is 0. The van der Waals surface area contributed by atoms with Gasteiger partial charge in [0.05, 0.1) is 11.0 Å². The number of nitrogens with zero attached hydrogens (tertiary/aromatic N) is 2. The lowest BCUT2D eigenvalue weighted by Crippen LogP contribution is -2.09. The lowest BCUT2D eigenvalue weighted by molar-refractivity contribution is 1.28. The van der Waals surface area contributed by atoms with Crippen molar-refractivity contribution in [2.24, 2.45) is 0 Å². The van der Waals surface area contributed by atoms with E-state index in [1.807, 2.05) is 0 Å². The van der Waals surface area contributed by atoms with Gasteiger partial charge in [0.25, 0.3) is 0 Å². The van der Waals surface area contributed by atoms with E-state index in [-0.39, 0.29) is 0 Å². The zero-order chi connectivity index (χ0) is 35.8. The van der Waals surface area contributed by atoms with Crippen molar-refractivity contribution in [2.45, 2.75) is 0 Å². The van der Waals surface area contributed by atoms with E-state index >= 15 is 0 Å². The third-order valence-corrected chi connectivity index (χ3v) is 10.6. The maximum atomic E-state index is 2.38. The molecule has 0 saturated heterocycles. The Bertz CT molecular complexity index is 2790. The molecule has 0 atom stereocenters. The van der Waals surface area contributed by atoms with Crippen LogP contribution in [-0.2, 0) is 0 Å². The molecule has 2 aromatic heterocycles. The van der Waals surface area contributed by atoms with Gasteiger partial charge in [-0.2, -0.15) is 0 Å². The van der Waals surface area contributed by atoms with Gasteiger partial charge in [0, 0.05) is 34.2 Å². The molecule has 0 spiro atoms. The van der Waals surface area contributed by atoms with Crippen molar-refractivity contribution in [1.29, 1.82) is 0 Å². The zero-order valence-corrected chi connectivity index (χ0v) is 29.7. The van der Waals surface area contributed by atoms with E-state index in [1.54, 1.807) is 0 Å². The van der Waals surface area contributed by atoms with Crippen LogP contribution in [0.2, 0.25) is 0 Å². The molecule has 0 saturated carbocycles. The number of fused-ring (bicyclic) bond motifs is 4. The third kappa shape index (κ3) is 5.62. The SMILES string of the molecule is c1ccc(-c2ccc(N(c3ccc(-c4ccccc4)cc3)c3ccc(-c4cccc5cn6c(cc45)c(-c4ccccc4)c4ccccc46)cc3)cc2)cc1. The molecule has 0 N–H and O–H groups in total. The van der Waals surface area contributed by atoms with Crippen molar-refractivity contribution < 1.29 is 0 Å². The molecule has 0 bridgehead atoms. The molecule has 0 aliphatic heterocycles. The van der Waals surface area contributed by atoms with Gasteiger partial charge in [0.15, 0.2) is 0 Å². The largest absolute Gasteiger partial charge is 0.315 e. The Morgan fingerprint density at radius 1 is 0.315 bits per heavy atom. The number of anilines is 3. The summed E-state index contributed by atoms with van der Waals surface area (Å²) in [6.07, 6.45) is 2.30. The van der Waals surface area contributed by atoms with E-state index in [1.165, 1.54) is 71.7 Å². The number of pyridine rings is 1. The molecule has 0 amide bonds. The van der Waals surface area contributed by atoms with Crippen LogP contribution in [0.4, 0.5) is 17.1 Å². The fourth-order valence-electron chi connectivity index (χ4n) is 7.96. The lowest BCUT2D eigenvalue weighted by Gasteiger charge is -2.26. The molecule has 0 aliphatic rings. The first-order valence-electron chi connectivity index (χ1n) is 18.5. The standard InChI is InChI=1S/C52H36N2/c1-4-13-37(14-5-1)39-23-29-44(30-24-39)54(45-31-25-40(26-32-45)38-15-6-2-7-16-38)46-33-27-41(28-34-46)47-21-12-19-43-36-53-50-22-11-10-20-48(50)52(51(53)35-49(43)47)42-17-8-3-9-18-42/h1-36H. The van der Waals surface area contributed by atoms with Crippen molar-refractivity contribution in [2.75, 3.05) is 4.90 Å². The van der Waals surface area contributed by atoms with Crippen LogP contribution in [0, 0.1) is 0 Å². The summed E-state index contributed by atoms with van der Waals surface area (Å²) in [4.78, 5) is 2.35. The smallest absolute Gasteiger partial charge is 0.0547 e. The summed E-state index contributed by atoms with van der Waals surface area (Å²) in [5, 5.41) is 3.71. The molecule has 8 aromatic carbocycles. The van der Waals surface area contributed by atoms with Crippen LogP contribution in [0.5, 0.6) is 0 Å². The van der Waals surface area contributed by atoms with E-state index in [0.29, 0.717) is 0 Å². The predicted molar refractivity (Wildman–Crippen MR) is 229 cm³/mol. The number of hydrogen-bond donors (Lipinski definition) is 0. The van der Waals surface area contributed by atoms with Crippen molar-refractivity contribution >= 4 is 44.3 Å². The summed E-state index contributed by atoms with van der Waals surface area (Å²) in [5.74, 6) is 0. The Labute approximate surface area is 315 Å². The summed E-state index contributed by atoms with van der Waals surface area (Å²) in [6, 6.07) is 76.5. The van der Waals surface area contributed by atoms with Gasteiger partial charge in [-0.15, -0.1) is 0 Å². The predicted octanol–water partition coefficient (Wildman–Crippen LogP) is 14.4. The number of hydrogen-bond acceptors (Lipinski definition) is 1. The Morgan fingerprint density at radius 2 is 0.778 bits per heavy atom. The van der Waals surface area contributed by atoms with Gasteiger partial charge in [0.1, 0.15) is 0 Å². The van der Waals surface area contributed by atoms with Crippen molar-refractivity contribution in [3.8, 4) is 44.5 Å². The Kier molecular flexibility index (Phi) is 7.85. The van der Waals surface area contributed by atoms with Gasteiger partial charge in [-0.1, -0.05) is 164 Å². The van der Waals surface area contributed by atoms with Crippen molar-refractivity contribution in [3.63, 3.8) is 0 Å². The first-order chi connectivity index (χ1) is 26.8. The number of benzene rings is 8. The van der Waals surface area contributed by atoms with Crippen molar-refractivity contribution in [1.82, 2.24) is 4.40 Å². The van der Waals surface area contributed by atoms with Gasteiger partial charge in [0.2, 0.25) is 0 Å². The van der Waals surface area contributed by atoms with Gasteiger partial charge in [-0.05, 0) is 98.2 Å². The molecule has 0 fully saturated rings. The molecule has 0 unspecified atom stereocenters. The molecule has 2 heterocycles. The minimum absolute atomic E-state index is 1.10. The van der Waals surface area contributed by atoms with Crippen LogP contribution in [-0.4, -0.2) is 4.40 Å². The van der Waals surface area contributed by atoms with Gasteiger partial charge in [-0.25, -0.2) is 0 Å². The summed E-state index contributed by atoms with van der Waals surface area (Å²) in [5.41, 5.74) is 15.5. The monoisotopic (exact) mass is 688 g/mol. The van der Waals surface area contributed by atoms with E-state index in [4.69, 9.17) is 0 Å². The Hall–Kier alpha value is -7.16. The second-order valence-corrected chi connectivity index (χ2v) is 13.8. The minimum Gasteiger partial charge on any atom is -0.315 e. The summed E-state index contributed by atoms with van der Waals surface area (Å²) < 4.78 is 2.36. The highest BCUT2D eigenvalue weighted by Crippen LogP contribution is 2.41. The van der Waals surface area contributed by atoms with Crippen LogP contribution >= 0.6 is 0 Å². The molecule has 2 heteroatoms. The number of para-hydroxylation sites is 1. The van der Waals surface area contributed by atoms with E-state index < -0.39 is 0 Å². The maximum Gasteiger partial charge on any atom is 0.0547 e. The molecular weight excluding hydrogens is 653 g/mol.